The van der Waals surface area contributed by atoms with Gasteiger partial charge in [0.25, 0.3) is 0 Å². The molecule has 4 nitrogen and oxygen atoms in total. The van der Waals surface area contributed by atoms with Crippen LogP contribution in [0.15, 0.2) is 36.4 Å². The zero-order valence-electron chi connectivity index (χ0n) is 11.3. The predicted octanol–water partition coefficient (Wildman–Crippen LogP) is 2.69. The molecule has 0 aliphatic rings. The van der Waals surface area contributed by atoms with Crippen molar-refractivity contribution >= 4 is 29.3 Å². The van der Waals surface area contributed by atoms with Gasteiger partial charge in [0.05, 0.1) is 5.02 Å². The Morgan fingerprint density at radius 1 is 1.29 bits per heavy atom. The quantitative estimate of drug-likeness (QED) is 0.451. The normalized spacial score (nSPS) is 10.4. The van der Waals surface area contributed by atoms with Crippen molar-refractivity contribution in [1.29, 1.82) is 5.41 Å². The second kappa shape index (κ2) is 6.52. The smallest absolute Gasteiger partial charge is 0.168 e. The van der Waals surface area contributed by atoms with Gasteiger partial charge in [-0.3, -0.25) is 10.2 Å². The second-order valence-electron chi connectivity index (χ2n) is 4.62. The molecule has 0 heterocycles. The van der Waals surface area contributed by atoms with Crippen LogP contribution in [0.25, 0.3) is 11.1 Å². The van der Waals surface area contributed by atoms with Crippen molar-refractivity contribution in [2.45, 2.75) is 6.42 Å². The Balaban J connectivity index is 2.47. The fourth-order valence-corrected chi connectivity index (χ4v) is 2.37. The van der Waals surface area contributed by atoms with Gasteiger partial charge in [-0.2, -0.15) is 0 Å². The topological polar surface area (TPSA) is 87.2 Å². The van der Waals surface area contributed by atoms with Crippen molar-refractivity contribution < 1.29 is 9.90 Å². The van der Waals surface area contributed by atoms with Crippen molar-refractivity contribution in [3.8, 4) is 11.1 Å². The number of aldehydes is 1. The molecule has 0 spiro atoms. The Hall–Kier alpha value is -2.17. The number of carbonyl (C=O) groups excluding carboxylic acids is 1. The van der Waals surface area contributed by atoms with Gasteiger partial charge in [-0.05, 0) is 29.7 Å². The minimum atomic E-state index is -0.178. The molecule has 2 aromatic rings. The number of carbonyl (C=O) groups is 1. The van der Waals surface area contributed by atoms with Crippen LogP contribution in [0.3, 0.4) is 0 Å². The number of nitrogens with one attached hydrogen (secondary N) is 1. The fourth-order valence-electron chi connectivity index (χ4n) is 2.09. The highest BCUT2D eigenvalue weighted by Gasteiger charge is 2.11. The Kier molecular flexibility index (Phi) is 4.73. The number of aliphatic hydroxyl groups excluding tert-OH is 1. The summed E-state index contributed by atoms with van der Waals surface area (Å²) in [6.45, 7) is 0.0998. The predicted molar refractivity (Wildman–Crippen MR) is 85.0 cm³/mol. The highest BCUT2D eigenvalue weighted by atomic mass is 35.5. The molecular weight excluding hydrogens is 288 g/mol. The Bertz CT molecular complexity index is 681. The zero-order chi connectivity index (χ0) is 15.4. The molecule has 0 bridgehead atoms. The van der Waals surface area contributed by atoms with Crippen molar-refractivity contribution in [3.05, 3.63) is 52.5 Å². The number of halogens is 1. The summed E-state index contributed by atoms with van der Waals surface area (Å²) in [5.74, 6) is 0. The summed E-state index contributed by atoms with van der Waals surface area (Å²) < 4.78 is 0. The minimum absolute atomic E-state index is 0.0998. The molecular formula is C16H15ClN2O2. The van der Waals surface area contributed by atoms with E-state index in [0.29, 0.717) is 34.5 Å². The molecule has 0 unspecified atom stereocenters. The lowest BCUT2D eigenvalue weighted by molar-refractivity contribution is -0.102. The number of hydrogen-bond acceptors (Lipinski definition) is 4. The van der Waals surface area contributed by atoms with E-state index in [1.165, 1.54) is 0 Å². The van der Waals surface area contributed by atoms with E-state index in [1.807, 2.05) is 24.3 Å². The number of rotatable bonds is 5. The molecule has 0 saturated carbocycles. The maximum atomic E-state index is 10.8. The van der Waals surface area contributed by atoms with E-state index < -0.39 is 0 Å². The van der Waals surface area contributed by atoms with Crippen molar-refractivity contribution in [2.75, 3.05) is 12.3 Å². The highest BCUT2D eigenvalue weighted by Crippen LogP contribution is 2.32. The van der Waals surface area contributed by atoms with Crippen molar-refractivity contribution in [1.82, 2.24) is 0 Å². The van der Waals surface area contributed by atoms with Crippen LogP contribution < -0.4 is 5.73 Å². The molecule has 2 aromatic carbocycles. The largest absolute Gasteiger partial charge is 0.398 e. The van der Waals surface area contributed by atoms with Crippen LogP contribution in [-0.2, 0) is 11.2 Å². The summed E-state index contributed by atoms with van der Waals surface area (Å²) in [7, 11) is 0. The number of nitrogens with two attached hydrogens (primary N) is 1. The van der Waals surface area contributed by atoms with Crippen molar-refractivity contribution in [2.24, 2.45) is 0 Å². The van der Waals surface area contributed by atoms with Gasteiger partial charge in [-0.15, -0.1) is 0 Å². The number of hydrogen-bond donors (Lipinski definition) is 3. The molecule has 0 aromatic heterocycles. The molecule has 21 heavy (non-hydrogen) atoms. The lowest BCUT2D eigenvalue weighted by Crippen LogP contribution is -2.05. The first-order valence-corrected chi connectivity index (χ1v) is 6.78. The standard InChI is InChI=1S/C16H15ClN2O2/c17-14-8-15(18)13(16(19)9-21)7-12(14)11-3-1-10(2-4-11)5-6-20/h1-4,7-9,19-20H,5-6,18H2. The molecule has 0 atom stereocenters. The van der Waals surface area contributed by atoms with Crippen LogP contribution in [0, 0.1) is 5.41 Å². The average Bonchev–Trinajstić information content (AvgIpc) is 2.48. The summed E-state index contributed by atoms with van der Waals surface area (Å²) in [5, 5.41) is 17.0. The summed E-state index contributed by atoms with van der Waals surface area (Å²) in [5.41, 5.74) is 8.88. The monoisotopic (exact) mass is 302 g/mol. The molecule has 0 fully saturated rings. The van der Waals surface area contributed by atoms with Crippen LogP contribution in [0.1, 0.15) is 11.1 Å². The van der Waals surface area contributed by atoms with Gasteiger partial charge < -0.3 is 10.8 Å². The number of benzene rings is 2. The van der Waals surface area contributed by atoms with Gasteiger partial charge in [0.2, 0.25) is 0 Å². The molecule has 108 valence electrons. The van der Waals surface area contributed by atoms with E-state index in [1.54, 1.807) is 12.1 Å². The molecule has 5 heteroatoms. The number of anilines is 1. The van der Waals surface area contributed by atoms with Gasteiger partial charge in [-0.25, -0.2) is 0 Å². The third-order valence-corrected chi connectivity index (χ3v) is 3.53. The molecule has 0 aliphatic carbocycles. The van der Waals surface area contributed by atoms with Crippen LogP contribution in [-0.4, -0.2) is 23.7 Å². The molecule has 2 rings (SSSR count). The summed E-state index contributed by atoms with van der Waals surface area (Å²) in [6.07, 6.45) is 1.05. The van der Waals surface area contributed by atoms with E-state index in [4.69, 9.17) is 27.9 Å². The van der Waals surface area contributed by atoms with Gasteiger partial charge in [0, 0.05) is 23.4 Å². The number of aliphatic hydroxyl groups is 1. The van der Waals surface area contributed by atoms with Crippen LogP contribution in [0.2, 0.25) is 5.02 Å². The first-order valence-electron chi connectivity index (χ1n) is 6.40. The summed E-state index contributed by atoms with van der Waals surface area (Å²) in [6, 6.07) is 10.8. The molecule has 4 N–H and O–H groups in total. The third kappa shape index (κ3) is 3.29. The van der Waals surface area contributed by atoms with Crippen LogP contribution in [0.4, 0.5) is 5.69 Å². The zero-order valence-corrected chi connectivity index (χ0v) is 12.0. The van der Waals surface area contributed by atoms with E-state index in [0.717, 1.165) is 11.1 Å². The molecule has 0 radical (unpaired) electrons. The first-order chi connectivity index (χ1) is 10.1. The molecule has 0 aliphatic heterocycles. The van der Waals surface area contributed by atoms with Gasteiger partial charge in [0.1, 0.15) is 5.71 Å². The van der Waals surface area contributed by atoms with Crippen LogP contribution in [0.5, 0.6) is 0 Å². The Morgan fingerprint density at radius 2 is 1.95 bits per heavy atom. The average molecular weight is 303 g/mol. The molecule has 0 saturated heterocycles. The van der Waals surface area contributed by atoms with Gasteiger partial charge in [-0.1, -0.05) is 35.9 Å². The fraction of sp³-hybridized carbons (Fsp3) is 0.125. The van der Waals surface area contributed by atoms with E-state index in [2.05, 4.69) is 0 Å². The highest BCUT2D eigenvalue weighted by molar-refractivity contribution is 6.38. The van der Waals surface area contributed by atoms with Gasteiger partial charge in [0.15, 0.2) is 6.29 Å². The van der Waals surface area contributed by atoms with E-state index >= 15 is 0 Å². The maximum absolute atomic E-state index is 10.8. The molecule has 0 amide bonds. The summed E-state index contributed by atoms with van der Waals surface area (Å²) in [4.78, 5) is 10.8. The maximum Gasteiger partial charge on any atom is 0.168 e. The van der Waals surface area contributed by atoms with Gasteiger partial charge >= 0.3 is 0 Å². The van der Waals surface area contributed by atoms with Crippen LogP contribution >= 0.6 is 11.6 Å². The van der Waals surface area contributed by atoms with E-state index in [-0.39, 0.29) is 12.3 Å². The first kappa shape index (κ1) is 15.2. The Morgan fingerprint density at radius 3 is 2.52 bits per heavy atom. The Labute approximate surface area is 127 Å². The lowest BCUT2D eigenvalue weighted by Gasteiger charge is -2.10. The van der Waals surface area contributed by atoms with Crippen molar-refractivity contribution in [3.63, 3.8) is 0 Å². The van der Waals surface area contributed by atoms with E-state index in [9.17, 15) is 4.79 Å². The second-order valence-corrected chi connectivity index (χ2v) is 5.03. The summed E-state index contributed by atoms with van der Waals surface area (Å²) >= 11 is 6.21. The third-order valence-electron chi connectivity index (χ3n) is 3.21. The SMILES string of the molecule is N=C(C=O)c1cc(-c2ccc(CCO)cc2)c(Cl)cc1N. The number of nitrogen functional groups attached to an aromatic ring is 1. The minimum Gasteiger partial charge on any atom is -0.398 e. The lowest BCUT2D eigenvalue weighted by atomic mass is 9.98.